The molecule has 0 spiro atoms. The summed E-state index contributed by atoms with van der Waals surface area (Å²) in [6.07, 6.45) is 1.38. The molecule has 0 aliphatic heterocycles. The number of anilines is 1. The van der Waals surface area contributed by atoms with E-state index in [2.05, 4.69) is 15.3 Å². The van der Waals surface area contributed by atoms with Crippen molar-refractivity contribution in [2.24, 2.45) is 5.73 Å². The summed E-state index contributed by atoms with van der Waals surface area (Å²) in [5.74, 6) is 0.170. The molecule has 0 radical (unpaired) electrons. The number of aromatic nitrogens is 2. The van der Waals surface area contributed by atoms with Gasteiger partial charge >= 0.3 is 0 Å². The number of amides is 1. The zero-order chi connectivity index (χ0) is 12.0. The van der Waals surface area contributed by atoms with Crippen LogP contribution in [0.3, 0.4) is 0 Å². The average molecular weight is 245 g/mol. The molecular formula is C9H13ClN4O2. The number of nitrogens with one attached hydrogen (secondary N) is 1. The highest BCUT2D eigenvalue weighted by atomic mass is 35.5. The Morgan fingerprint density at radius 1 is 1.62 bits per heavy atom. The molecule has 0 atom stereocenters. The van der Waals surface area contributed by atoms with Gasteiger partial charge in [-0.25, -0.2) is 9.97 Å². The second-order valence-electron chi connectivity index (χ2n) is 3.08. The summed E-state index contributed by atoms with van der Waals surface area (Å²) < 4.78 is 4.97. The van der Waals surface area contributed by atoms with Gasteiger partial charge in [0.05, 0.1) is 6.61 Å². The molecule has 0 aromatic carbocycles. The van der Waals surface area contributed by atoms with Crippen LogP contribution in [0.4, 0.5) is 5.82 Å². The van der Waals surface area contributed by atoms with Crippen molar-refractivity contribution in [2.45, 2.75) is 6.92 Å². The fourth-order valence-electron chi connectivity index (χ4n) is 1.02. The SMILES string of the molecule is Cc1c(Cl)ncnc1NCCOCC(N)=O. The number of ether oxygens (including phenoxy) is 1. The Labute approximate surface area is 98.2 Å². The van der Waals surface area contributed by atoms with Crippen molar-refractivity contribution in [3.05, 3.63) is 17.0 Å². The van der Waals surface area contributed by atoms with Gasteiger partial charge in [0, 0.05) is 12.1 Å². The minimum atomic E-state index is -0.485. The van der Waals surface area contributed by atoms with E-state index in [1.807, 2.05) is 6.92 Å². The molecule has 0 aliphatic rings. The first-order valence-electron chi connectivity index (χ1n) is 4.68. The van der Waals surface area contributed by atoms with Crippen LogP contribution in [0, 0.1) is 6.92 Å². The number of carbonyl (C=O) groups excluding carboxylic acids is 1. The minimum absolute atomic E-state index is 0.0782. The van der Waals surface area contributed by atoms with Crippen LogP contribution in [-0.4, -0.2) is 35.6 Å². The number of carbonyl (C=O) groups is 1. The first-order valence-corrected chi connectivity index (χ1v) is 5.06. The quantitative estimate of drug-likeness (QED) is 0.557. The van der Waals surface area contributed by atoms with Crippen LogP contribution < -0.4 is 11.1 Å². The van der Waals surface area contributed by atoms with Crippen molar-refractivity contribution in [3.63, 3.8) is 0 Å². The first-order chi connectivity index (χ1) is 7.61. The molecule has 7 heteroatoms. The summed E-state index contributed by atoms with van der Waals surface area (Å²) in [4.78, 5) is 18.2. The molecule has 88 valence electrons. The van der Waals surface area contributed by atoms with Crippen molar-refractivity contribution >= 4 is 23.3 Å². The van der Waals surface area contributed by atoms with E-state index in [0.29, 0.717) is 24.1 Å². The highest BCUT2D eigenvalue weighted by molar-refractivity contribution is 6.30. The lowest BCUT2D eigenvalue weighted by Gasteiger charge is -2.08. The van der Waals surface area contributed by atoms with E-state index in [9.17, 15) is 4.79 Å². The van der Waals surface area contributed by atoms with Crippen LogP contribution in [0.25, 0.3) is 0 Å². The summed E-state index contributed by atoms with van der Waals surface area (Å²) in [6, 6.07) is 0. The van der Waals surface area contributed by atoms with E-state index in [1.54, 1.807) is 0 Å². The highest BCUT2D eigenvalue weighted by Gasteiger charge is 2.03. The largest absolute Gasteiger partial charge is 0.370 e. The van der Waals surface area contributed by atoms with Gasteiger partial charge < -0.3 is 15.8 Å². The number of rotatable bonds is 6. The molecule has 0 fully saturated rings. The average Bonchev–Trinajstić information content (AvgIpc) is 2.23. The lowest BCUT2D eigenvalue weighted by Crippen LogP contribution is -2.20. The van der Waals surface area contributed by atoms with Gasteiger partial charge in [-0.05, 0) is 6.92 Å². The van der Waals surface area contributed by atoms with Crippen molar-refractivity contribution in [2.75, 3.05) is 25.1 Å². The van der Waals surface area contributed by atoms with E-state index < -0.39 is 5.91 Å². The Morgan fingerprint density at radius 2 is 2.38 bits per heavy atom. The van der Waals surface area contributed by atoms with Gasteiger partial charge in [0.2, 0.25) is 5.91 Å². The van der Waals surface area contributed by atoms with E-state index in [4.69, 9.17) is 22.1 Å². The Balaban J connectivity index is 2.32. The van der Waals surface area contributed by atoms with E-state index in [-0.39, 0.29) is 6.61 Å². The Hall–Kier alpha value is -1.40. The lowest BCUT2D eigenvalue weighted by molar-refractivity contribution is -0.122. The number of primary amides is 1. The predicted molar refractivity (Wildman–Crippen MR) is 60.3 cm³/mol. The molecule has 0 aliphatic carbocycles. The molecule has 6 nitrogen and oxygen atoms in total. The third kappa shape index (κ3) is 4.00. The van der Waals surface area contributed by atoms with Crippen LogP contribution in [-0.2, 0) is 9.53 Å². The van der Waals surface area contributed by atoms with Gasteiger partial charge in [-0.1, -0.05) is 11.6 Å². The maximum atomic E-state index is 10.4. The van der Waals surface area contributed by atoms with E-state index in [1.165, 1.54) is 6.33 Å². The molecule has 0 unspecified atom stereocenters. The maximum Gasteiger partial charge on any atom is 0.243 e. The smallest absolute Gasteiger partial charge is 0.243 e. The monoisotopic (exact) mass is 244 g/mol. The van der Waals surface area contributed by atoms with Crippen molar-refractivity contribution in [1.82, 2.24) is 9.97 Å². The normalized spacial score (nSPS) is 10.1. The first kappa shape index (κ1) is 12.7. The fourth-order valence-corrected chi connectivity index (χ4v) is 1.15. The van der Waals surface area contributed by atoms with Crippen LogP contribution in [0.2, 0.25) is 5.15 Å². The topological polar surface area (TPSA) is 90.1 Å². The Bertz CT molecular complexity index is 373. The molecular weight excluding hydrogens is 232 g/mol. The molecule has 0 saturated carbocycles. The number of nitrogens with two attached hydrogens (primary N) is 1. The Kier molecular flexibility index (Phi) is 4.94. The molecule has 3 N–H and O–H groups in total. The highest BCUT2D eigenvalue weighted by Crippen LogP contribution is 2.17. The molecule has 1 aromatic rings. The van der Waals surface area contributed by atoms with Gasteiger partial charge in [-0.3, -0.25) is 4.79 Å². The summed E-state index contributed by atoms with van der Waals surface area (Å²) in [7, 11) is 0. The molecule has 1 rings (SSSR count). The van der Waals surface area contributed by atoms with Crippen LogP contribution in [0.5, 0.6) is 0 Å². The van der Waals surface area contributed by atoms with E-state index >= 15 is 0 Å². The fraction of sp³-hybridized carbons (Fsp3) is 0.444. The number of nitrogens with zero attached hydrogens (tertiary/aromatic N) is 2. The zero-order valence-electron chi connectivity index (χ0n) is 8.86. The van der Waals surface area contributed by atoms with Gasteiger partial charge in [-0.15, -0.1) is 0 Å². The van der Waals surface area contributed by atoms with Gasteiger partial charge in [0.15, 0.2) is 0 Å². The second kappa shape index (κ2) is 6.24. The van der Waals surface area contributed by atoms with Gasteiger partial charge in [0.1, 0.15) is 23.9 Å². The molecule has 1 aromatic heterocycles. The number of hydrogen-bond acceptors (Lipinski definition) is 5. The standard InChI is InChI=1S/C9H13ClN4O2/c1-6-8(10)13-5-14-9(6)12-2-3-16-4-7(11)15/h5H,2-4H2,1H3,(H2,11,15)(H,12,13,14). The van der Waals surface area contributed by atoms with E-state index in [0.717, 1.165) is 5.56 Å². The maximum absolute atomic E-state index is 10.4. The van der Waals surface area contributed by atoms with Crippen LogP contribution in [0.1, 0.15) is 5.56 Å². The Morgan fingerprint density at radius 3 is 3.06 bits per heavy atom. The molecule has 0 bridgehead atoms. The zero-order valence-corrected chi connectivity index (χ0v) is 9.62. The second-order valence-corrected chi connectivity index (χ2v) is 3.44. The predicted octanol–water partition coefficient (Wildman–Crippen LogP) is 0.352. The summed E-state index contributed by atoms with van der Waals surface area (Å²) in [5.41, 5.74) is 5.68. The van der Waals surface area contributed by atoms with Gasteiger partial charge in [-0.2, -0.15) is 0 Å². The third-order valence-electron chi connectivity index (χ3n) is 1.81. The van der Waals surface area contributed by atoms with Gasteiger partial charge in [0.25, 0.3) is 0 Å². The molecule has 1 heterocycles. The molecule has 16 heavy (non-hydrogen) atoms. The number of hydrogen-bond donors (Lipinski definition) is 2. The summed E-state index contributed by atoms with van der Waals surface area (Å²) in [6.45, 7) is 2.62. The number of halogens is 1. The van der Waals surface area contributed by atoms with Crippen molar-refractivity contribution in [1.29, 1.82) is 0 Å². The van der Waals surface area contributed by atoms with Crippen LogP contribution in [0.15, 0.2) is 6.33 Å². The van der Waals surface area contributed by atoms with Crippen LogP contribution >= 0.6 is 11.6 Å². The molecule has 1 amide bonds. The molecule has 0 saturated heterocycles. The van der Waals surface area contributed by atoms with Crippen molar-refractivity contribution < 1.29 is 9.53 Å². The lowest BCUT2D eigenvalue weighted by atomic mass is 10.3. The summed E-state index contributed by atoms with van der Waals surface area (Å²) >= 11 is 5.81. The minimum Gasteiger partial charge on any atom is -0.370 e. The third-order valence-corrected chi connectivity index (χ3v) is 2.19. The summed E-state index contributed by atoms with van der Waals surface area (Å²) in [5, 5.41) is 3.43. The van der Waals surface area contributed by atoms with Crippen molar-refractivity contribution in [3.8, 4) is 0 Å².